The van der Waals surface area contributed by atoms with Crippen LogP contribution in [0.15, 0.2) is 66.7 Å². The number of ether oxygens (including phenoxy) is 1. The molecule has 0 saturated carbocycles. The molecule has 0 spiro atoms. The smallest absolute Gasteiger partial charge is 0.150 e. The average molecular weight is 470 g/mol. The maximum atomic E-state index is 12.8. The predicted molar refractivity (Wildman–Crippen MR) is 136 cm³/mol. The molecule has 3 aromatic carbocycles. The molecule has 0 bridgehead atoms. The molecular formula is C30H28FNO3. The highest BCUT2D eigenvalue weighted by Crippen LogP contribution is 2.47. The molecule has 1 saturated heterocycles. The SMILES string of the molecule is CC1=C(c2cccc(O)c2)C(c2ccc(C#CCN3CC[C@@H](CF)C3)cc2)Oc2ccc(O)cc21. The monoisotopic (exact) mass is 469 g/mol. The summed E-state index contributed by atoms with van der Waals surface area (Å²) in [5.41, 5.74) is 5.50. The maximum absolute atomic E-state index is 12.8. The fourth-order valence-electron chi connectivity index (χ4n) is 4.89. The summed E-state index contributed by atoms with van der Waals surface area (Å²) in [6.45, 7) is 4.10. The third kappa shape index (κ3) is 4.89. The first-order valence-electron chi connectivity index (χ1n) is 11.9. The number of rotatable bonds is 4. The Morgan fingerprint density at radius 2 is 1.83 bits per heavy atom. The van der Waals surface area contributed by atoms with Crippen LogP contribution >= 0.6 is 0 Å². The van der Waals surface area contributed by atoms with Crippen LogP contribution in [0, 0.1) is 17.8 Å². The molecule has 1 unspecified atom stereocenters. The van der Waals surface area contributed by atoms with Gasteiger partial charge in [0.05, 0.1) is 13.2 Å². The quantitative estimate of drug-likeness (QED) is 0.474. The van der Waals surface area contributed by atoms with Crippen molar-refractivity contribution in [1.29, 1.82) is 0 Å². The Kier molecular flexibility index (Phi) is 6.48. The average Bonchev–Trinajstić information content (AvgIpc) is 3.33. The number of alkyl halides is 1. The number of phenolic OH excluding ortho intramolecular Hbond substituents is 2. The lowest BCUT2D eigenvalue weighted by Gasteiger charge is -2.31. The van der Waals surface area contributed by atoms with E-state index in [-0.39, 0.29) is 30.2 Å². The molecule has 2 atom stereocenters. The van der Waals surface area contributed by atoms with Gasteiger partial charge in [0, 0.05) is 29.2 Å². The fraction of sp³-hybridized carbons (Fsp3) is 0.267. The molecule has 2 N–H and O–H groups in total. The maximum Gasteiger partial charge on any atom is 0.150 e. The molecule has 0 amide bonds. The largest absolute Gasteiger partial charge is 0.508 e. The van der Waals surface area contributed by atoms with Gasteiger partial charge in [0.15, 0.2) is 0 Å². The predicted octanol–water partition coefficient (Wildman–Crippen LogP) is 5.81. The van der Waals surface area contributed by atoms with Crippen LogP contribution in [0.5, 0.6) is 17.2 Å². The highest BCUT2D eigenvalue weighted by molar-refractivity contribution is 5.95. The molecule has 0 aliphatic carbocycles. The van der Waals surface area contributed by atoms with Crippen molar-refractivity contribution < 1.29 is 19.3 Å². The molecule has 2 heterocycles. The zero-order valence-electron chi connectivity index (χ0n) is 19.7. The van der Waals surface area contributed by atoms with Crippen molar-refractivity contribution >= 4 is 11.1 Å². The van der Waals surface area contributed by atoms with E-state index < -0.39 is 0 Å². The lowest BCUT2D eigenvalue weighted by molar-refractivity contribution is 0.259. The number of allylic oxidation sites excluding steroid dienone is 1. The molecule has 1 fully saturated rings. The van der Waals surface area contributed by atoms with Crippen molar-refractivity contribution in [2.24, 2.45) is 5.92 Å². The second-order valence-electron chi connectivity index (χ2n) is 9.24. The van der Waals surface area contributed by atoms with Gasteiger partial charge in [-0.15, -0.1) is 0 Å². The highest BCUT2D eigenvalue weighted by Gasteiger charge is 2.29. The molecule has 0 radical (unpaired) electrons. The summed E-state index contributed by atoms with van der Waals surface area (Å²) in [7, 11) is 0. The minimum Gasteiger partial charge on any atom is -0.508 e. The number of phenols is 2. The molecule has 5 rings (SSSR count). The van der Waals surface area contributed by atoms with Crippen molar-refractivity contribution in [2.75, 3.05) is 26.3 Å². The van der Waals surface area contributed by atoms with Crippen LogP contribution in [0.1, 0.15) is 41.7 Å². The number of hydrogen-bond acceptors (Lipinski definition) is 4. The summed E-state index contributed by atoms with van der Waals surface area (Å²) in [6.07, 6.45) is 0.531. The fourth-order valence-corrected chi connectivity index (χ4v) is 4.89. The minimum absolute atomic E-state index is 0.151. The molecule has 2 aliphatic heterocycles. The molecule has 4 nitrogen and oxygen atoms in total. The molecule has 35 heavy (non-hydrogen) atoms. The van der Waals surface area contributed by atoms with Gasteiger partial charge < -0.3 is 14.9 Å². The van der Waals surface area contributed by atoms with E-state index in [1.807, 2.05) is 43.3 Å². The second kappa shape index (κ2) is 9.85. The van der Waals surface area contributed by atoms with Gasteiger partial charge in [-0.2, -0.15) is 0 Å². The van der Waals surface area contributed by atoms with E-state index >= 15 is 0 Å². The summed E-state index contributed by atoms with van der Waals surface area (Å²) >= 11 is 0. The summed E-state index contributed by atoms with van der Waals surface area (Å²) in [4.78, 5) is 2.20. The Morgan fingerprint density at radius 3 is 2.57 bits per heavy atom. The van der Waals surface area contributed by atoms with E-state index in [4.69, 9.17) is 4.74 Å². The van der Waals surface area contributed by atoms with Crippen molar-refractivity contribution in [1.82, 2.24) is 4.90 Å². The molecule has 2 aliphatic rings. The van der Waals surface area contributed by atoms with E-state index in [1.54, 1.807) is 30.3 Å². The Bertz CT molecular complexity index is 1320. The van der Waals surface area contributed by atoms with Crippen molar-refractivity contribution in [3.05, 3.63) is 89.0 Å². The normalized spacial score (nSPS) is 19.6. The van der Waals surface area contributed by atoms with E-state index in [9.17, 15) is 14.6 Å². The number of fused-ring (bicyclic) bond motifs is 1. The van der Waals surface area contributed by atoms with Gasteiger partial charge in [-0.25, -0.2) is 0 Å². The van der Waals surface area contributed by atoms with Crippen molar-refractivity contribution in [3.8, 4) is 29.1 Å². The minimum atomic E-state index is -0.377. The standard InChI is InChI=1S/C30H28FNO3/c1-20-27-17-26(34)11-12-28(27)35-30(29(20)24-5-2-6-25(33)16-24)23-9-7-21(8-10-23)4-3-14-32-15-13-22(18-31)19-32/h2,5-12,16-17,22,30,33-34H,13-15,18-19H2,1H3/t22-,30?/m0/s1. The van der Waals surface area contributed by atoms with Gasteiger partial charge >= 0.3 is 0 Å². The summed E-state index contributed by atoms with van der Waals surface area (Å²) < 4.78 is 19.3. The van der Waals surface area contributed by atoms with Crippen LogP contribution < -0.4 is 4.74 Å². The van der Waals surface area contributed by atoms with Crippen molar-refractivity contribution in [2.45, 2.75) is 19.4 Å². The zero-order chi connectivity index (χ0) is 24.4. The molecular weight excluding hydrogens is 441 g/mol. The van der Waals surface area contributed by atoms with Gasteiger partial charge in [-0.1, -0.05) is 36.1 Å². The second-order valence-corrected chi connectivity index (χ2v) is 9.24. The number of likely N-dealkylation sites (tertiary alicyclic amines) is 1. The summed E-state index contributed by atoms with van der Waals surface area (Å²) in [6, 6.07) is 20.3. The first-order valence-corrected chi connectivity index (χ1v) is 11.9. The van der Waals surface area contributed by atoms with Gasteiger partial charge in [0.2, 0.25) is 0 Å². The molecule has 0 aromatic heterocycles. The van der Waals surface area contributed by atoms with Gasteiger partial charge in [0.25, 0.3) is 0 Å². The summed E-state index contributed by atoms with van der Waals surface area (Å²) in [5.74, 6) is 7.65. The first-order chi connectivity index (χ1) is 17.0. The molecule has 178 valence electrons. The number of halogens is 1. The van der Waals surface area contributed by atoms with Crippen LogP contribution in [0.25, 0.3) is 11.1 Å². The van der Waals surface area contributed by atoms with Crippen LogP contribution in [0.4, 0.5) is 4.39 Å². The lowest BCUT2D eigenvalue weighted by atomic mass is 9.86. The van der Waals surface area contributed by atoms with Crippen LogP contribution in [0.2, 0.25) is 0 Å². The van der Waals surface area contributed by atoms with E-state index in [1.165, 1.54) is 0 Å². The Balaban J connectivity index is 1.43. The van der Waals surface area contributed by atoms with E-state index in [2.05, 4.69) is 16.7 Å². The van der Waals surface area contributed by atoms with Crippen LogP contribution in [-0.4, -0.2) is 41.4 Å². The number of benzene rings is 3. The van der Waals surface area contributed by atoms with Gasteiger partial charge in [-0.05, 0) is 79.1 Å². The first kappa shape index (κ1) is 23.0. The third-order valence-corrected chi connectivity index (χ3v) is 6.77. The van der Waals surface area contributed by atoms with Crippen LogP contribution in [-0.2, 0) is 0 Å². The third-order valence-electron chi connectivity index (χ3n) is 6.77. The topological polar surface area (TPSA) is 52.9 Å². The van der Waals surface area contributed by atoms with Crippen LogP contribution in [0.3, 0.4) is 0 Å². The molecule has 5 heteroatoms. The summed E-state index contributed by atoms with van der Waals surface area (Å²) in [5, 5.41) is 20.1. The number of hydrogen-bond donors (Lipinski definition) is 2. The van der Waals surface area contributed by atoms with Crippen molar-refractivity contribution in [3.63, 3.8) is 0 Å². The number of aromatic hydroxyl groups is 2. The highest BCUT2D eigenvalue weighted by atomic mass is 19.1. The Morgan fingerprint density at radius 1 is 1.03 bits per heavy atom. The molecule has 3 aromatic rings. The van der Waals surface area contributed by atoms with E-state index in [0.717, 1.165) is 52.9 Å². The van der Waals surface area contributed by atoms with Gasteiger partial charge in [0.1, 0.15) is 23.4 Å². The Hall–Kier alpha value is -3.75. The zero-order valence-corrected chi connectivity index (χ0v) is 19.7. The number of nitrogens with zero attached hydrogens (tertiary/aromatic N) is 1. The lowest BCUT2D eigenvalue weighted by Crippen LogP contribution is -2.21. The van der Waals surface area contributed by atoms with Gasteiger partial charge in [-0.3, -0.25) is 9.29 Å². The Labute approximate surface area is 205 Å². The van der Waals surface area contributed by atoms with E-state index in [0.29, 0.717) is 12.3 Å².